The van der Waals surface area contributed by atoms with Gasteiger partial charge in [0, 0.05) is 37.4 Å². The first kappa shape index (κ1) is 42.3. The highest BCUT2D eigenvalue weighted by Crippen LogP contribution is 2.37. The first-order chi connectivity index (χ1) is 23.5. The lowest BCUT2D eigenvalue weighted by molar-refractivity contribution is -0.289. The van der Waals surface area contributed by atoms with Crippen molar-refractivity contribution in [1.82, 2.24) is 10.6 Å². The summed E-state index contributed by atoms with van der Waals surface area (Å²) in [6, 6.07) is 3.74. The Morgan fingerprint density at radius 3 is 2.36 bits per heavy atom. The molecule has 14 nitrogen and oxygen atoms in total. The number of esters is 1. The zero-order chi connectivity index (χ0) is 37.2. The van der Waals surface area contributed by atoms with E-state index in [1.807, 2.05) is 26.0 Å². The van der Waals surface area contributed by atoms with Crippen LogP contribution in [-0.2, 0) is 30.4 Å². The van der Waals surface area contributed by atoms with Gasteiger partial charge in [0.15, 0.2) is 6.29 Å². The van der Waals surface area contributed by atoms with Crippen LogP contribution < -0.4 is 10.6 Å². The summed E-state index contributed by atoms with van der Waals surface area (Å²) in [7, 11) is 0. The summed E-state index contributed by atoms with van der Waals surface area (Å²) in [4.78, 5) is 19.1. The molecule has 288 valence electrons. The monoisotopic (exact) mass is 713 g/mol. The van der Waals surface area contributed by atoms with Gasteiger partial charge in [-0.05, 0) is 65.5 Å². The number of nitrogens with zero attached hydrogens (tertiary/aromatic N) is 1. The van der Waals surface area contributed by atoms with E-state index in [-0.39, 0.29) is 25.6 Å². The molecule has 0 amide bonds. The van der Waals surface area contributed by atoms with Crippen molar-refractivity contribution in [3.63, 3.8) is 0 Å². The number of furan rings is 1. The standard InChI is InChI=1S/C36H63N3O11/c1-9-28-36(8,45)31(42)23(4)29(39-47-18-16-37-14-15-38-20-26-11-10-17-46-26)21(2)19-35(7,44)32(24(5)30(41)25(6)33(43)49-28)50-34-27(40)13-12-22(3)48-34/h10-11,17,21-25,27-28,30-32,34,37-38,40-42,44-45H,9,12-16,18-20H2,1-8H3/t21-,22-,23+,24+,25-,27-,28-,30+,31-,32-,34+,35?,36-/m1/s1. The Bertz CT molecular complexity index is 1180. The number of hydrogen-bond donors (Lipinski definition) is 7. The minimum atomic E-state index is -1.89. The van der Waals surface area contributed by atoms with Crippen LogP contribution in [0.5, 0.6) is 0 Å². The number of aliphatic hydroxyl groups is 5. The molecule has 50 heavy (non-hydrogen) atoms. The molecule has 0 saturated carbocycles. The number of aliphatic hydroxyl groups excluding tert-OH is 3. The molecule has 2 aliphatic heterocycles. The predicted octanol–water partition coefficient (Wildman–Crippen LogP) is 2.10. The van der Waals surface area contributed by atoms with Crippen LogP contribution in [0.3, 0.4) is 0 Å². The van der Waals surface area contributed by atoms with E-state index in [2.05, 4.69) is 15.8 Å². The maximum absolute atomic E-state index is 13.4. The van der Waals surface area contributed by atoms with Crippen LogP contribution in [0, 0.1) is 23.7 Å². The summed E-state index contributed by atoms with van der Waals surface area (Å²) in [5.41, 5.74) is -3.19. The van der Waals surface area contributed by atoms with Gasteiger partial charge in [-0.25, -0.2) is 0 Å². The fourth-order valence-corrected chi connectivity index (χ4v) is 7.16. The van der Waals surface area contributed by atoms with Crippen LogP contribution in [0.15, 0.2) is 28.0 Å². The van der Waals surface area contributed by atoms with Crippen molar-refractivity contribution in [3.05, 3.63) is 24.2 Å². The summed E-state index contributed by atoms with van der Waals surface area (Å²) in [6.45, 7) is 16.0. The zero-order valence-corrected chi connectivity index (χ0v) is 31.1. The SMILES string of the molecule is CC[C@H]1OC(=O)[C@H](C)[C@@H](O)[C@H](C)[C@@H](O[C@@H]2O[C@H](C)CC[C@H]2O)C(C)(O)C[C@@H](C)C(=NOCCNCCNCc2ccco2)[C@H](C)[C@@H](O)[C@]1(C)O. The number of oxime groups is 1. The van der Waals surface area contributed by atoms with Crippen molar-refractivity contribution in [3.8, 4) is 0 Å². The van der Waals surface area contributed by atoms with Gasteiger partial charge in [-0.3, -0.25) is 4.79 Å². The lowest BCUT2D eigenvalue weighted by atomic mass is 9.73. The van der Waals surface area contributed by atoms with Gasteiger partial charge in [-0.2, -0.15) is 0 Å². The van der Waals surface area contributed by atoms with Crippen molar-refractivity contribution >= 4 is 11.7 Å². The van der Waals surface area contributed by atoms with Gasteiger partial charge >= 0.3 is 5.97 Å². The highest BCUT2D eigenvalue weighted by atomic mass is 16.7. The third-order valence-electron chi connectivity index (χ3n) is 10.3. The van der Waals surface area contributed by atoms with Gasteiger partial charge in [-0.15, -0.1) is 0 Å². The van der Waals surface area contributed by atoms with E-state index in [0.717, 1.165) is 5.76 Å². The Kier molecular flexibility index (Phi) is 16.1. The van der Waals surface area contributed by atoms with Crippen LogP contribution >= 0.6 is 0 Å². The minimum absolute atomic E-state index is 0.0319. The largest absolute Gasteiger partial charge is 0.468 e. The third-order valence-corrected chi connectivity index (χ3v) is 10.3. The maximum Gasteiger partial charge on any atom is 0.311 e. The molecular formula is C36H63N3O11. The van der Waals surface area contributed by atoms with E-state index in [0.29, 0.717) is 44.7 Å². The highest BCUT2D eigenvalue weighted by molar-refractivity contribution is 5.88. The van der Waals surface area contributed by atoms with Gasteiger partial charge in [-0.1, -0.05) is 32.9 Å². The van der Waals surface area contributed by atoms with Gasteiger partial charge in [0.05, 0.1) is 54.5 Å². The summed E-state index contributed by atoms with van der Waals surface area (Å²) >= 11 is 0. The Labute approximate surface area is 296 Å². The molecular weight excluding hydrogens is 650 g/mol. The Hall–Kier alpha value is -2.14. The Morgan fingerprint density at radius 1 is 1.00 bits per heavy atom. The molecule has 1 unspecified atom stereocenters. The molecule has 2 fully saturated rings. The molecule has 3 rings (SSSR count). The number of cyclic esters (lactones) is 1. The van der Waals surface area contributed by atoms with E-state index in [1.165, 1.54) is 13.8 Å². The Morgan fingerprint density at radius 2 is 1.70 bits per heavy atom. The molecule has 2 aliphatic rings. The summed E-state index contributed by atoms with van der Waals surface area (Å²) in [6.07, 6.45) is -4.28. The molecule has 2 saturated heterocycles. The van der Waals surface area contributed by atoms with Crippen LogP contribution in [0.1, 0.15) is 86.8 Å². The molecule has 0 aliphatic carbocycles. The molecule has 0 spiro atoms. The summed E-state index contributed by atoms with van der Waals surface area (Å²) in [5.74, 6) is -3.16. The molecule has 1 aromatic rings. The molecule has 3 heterocycles. The molecule has 0 radical (unpaired) electrons. The van der Waals surface area contributed by atoms with Crippen molar-refractivity contribution in [2.45, 2.75) is 142 Å². The van der Waals surface area contributed by atoms with Crippen LogP contribution in [0.25, 0.3) is 0 Å². The minimum Gasteiger partial charge on any atom is -0.468 e. The number of ether oxygens (including phenoxy) is 3. The summed E-state index contributed by atoms with van der Waals surface area (Å²) in [5, 5.41) is 68.6. The second kappa shape index (κ2) is 19.1. The predicted molar refractivity (Wildman–Crippen MR) is 186 cm³/mol. The maximum atomic E-state index is 13.4. The second-order valence-electron chi connectivity index (χ2n) is 14.8. The first-order valence-electron chi connectivity index (χ1n) is 18.1. The molecule has 0 aromatic carbocycles. The Balaban J connectivity index is 1.86. The van der Waals surface area contributed by atoms with E-state index >= 15 is 0 Å². The van der Waals surface area contributed by atoms with Crippen LogP contribution in [0.4, 0.5) is 0 Å². The lowest BCUT2D eigenvalue weighted by Crippen LogP contribution is -2.58. The van der Waals surface area contributed by atoms with Crippen LogP contribution in [0.2, 0.25) is 0 Å². The quantitative estimate of drug-likeness (QED) is 0.0943. The smallest absolute Gasteiger partial charge is 0.311 e. The van der Waals surface area contributed by atoms with Crippen LogP contribution in [-0.4, -0.2) is 118 Å². The number of hydrogen-bond acceptors (Lipinski definition) is 14. The fourth-order valence-electron chi connectivity index (χ4n) is 7.16. The van der Waals surface area contributed by atoms with E-state index in [9.17, 15) is 30.3 Å². The topological polar surface area (TPSA) is 205 Å². The molecule has 13 atom stereocenters. The fraction of sp³-hybridized carbons (Fsp3) is 0.833. The number of nitrogens with one attached hydrogen (secondary N) is 2. The molecule has 1 aromatic heterocycles. The summed E-state index contributed by atoms with van der Waals surface area (Å²) < 4.78 is 23.3. The van der Waals surface area contributed by atoms with E-state index in [4.69, 9.17) is 23.5 Å². The van der Waals surface area contributed by atoms with Gasteiger partial charge in [0.1, 0.15) is 30.2 Å². The number of carbonyl (C=O) groups is 1. The average molecular weight is 714 g/mol. The third kappa shape index (κ3) is 11.2. The molecule has 0 bridgehead atoms. The normalized spacial score (nSPS) is 40.3. The van der Waals surface area contributed by atoms with Gasteiger partial charge in [0.25, 0.3) is 0 Å². The average Bonchev–Trinajstić information content (AvgIpc) is 3.59. The number of carbonyl (C=O) groups excluding carboxylic acids is 1. The van der Waals surface area contributed by atoms with Crippen molar-refractivity contribution in [2.75, 3.05) is 26.2 Å². The van der Waals surface area contributed by atoms with Crippen molar-refractivity contribution < 1.29 is 53.8 Å². The van der Waals surface area contributed by atoms with E-state index < -0.39 is 77.7 Å². The number of rotatable bonds is 12. The van der Waals surface area contributed by atoms with E-state index in [1.54, 1.807) is 34.0 Å². The molecule has 7 N–H and O–H groups in total. The first-order valence-corrected chi connectivity index (χ1v) is 18.1. The zero-order valence-electron chi connectivity index (χ0n) is 31.1. The van der Waals surface area contributed by atoms with Crippen molar-refractivity contribution in [1.29, 1.82) is 0 Å². The second-order valence-corrected chi connectivity index (χ2v) is 14.8. The lowest BCUT2D eigenvalue weighted by Gasteiger charge is -2.45. The highest BCUT2D eigenvalue weighted by Gasteiger charge is 2.50. The van der Waals surface area contributed by atoms with Gasteiger partial charge in [0.2, 0.25) is 0 Å². The van der Waals surface area contributed by atoms with Crippen molar-refractivity contribution in [2.24, 2.45) is 28.8 Å². The van der Waals surface area contributed by atoms with Gasteiger partial charge < -0.3 is 59.6 Å². The molecule has 14 heteroatoms.